The Morgan fingerprint density at radius 3 is 2.64 bits per heavy atom. The molecule has 2 fully saturated rings. The number of aliphatic hydroxyl groups is 1. The van der Waals surface area contributed by atoms with Crippen LogP contribution in [0.4, 0.5) is 8.78 Å². The van der Waals surface area contributed by atoms with Gasteiger partial charge in [-0.3, -0.25) is 4.79 Å². The number of halogens is 2. The van der Waals surface area contributed by atoms with Gasteiger partial charge in [-0.05, 0) is 44.2 Å². The van der Waals surface area contributed by atoms with Crippen molar-refractivity contribution in [1.82, 2.24) is 4.90 Å². The number of aliphatic hydroxyl groups excluding tert-OH is 1. The Balaban J connectivity index is 1.72. The molecule has 1 saturated heterocycles. The topological polar surface area (TPSA) is 40.5 Å². The Morgan fingerprint density at radius 1 is 1.32 bits per heavy atom. The highest BCUT2D eigenvalue weighted by atomic mass is 19.1. The van der Waals surface area contributed by atoms with Crippen LogP contribution in [0.15, 0.2) is 18.2 Å². The van der Waals surface area contributed by atoms with Crippen LogP contribution in [0.3, 0.4) is 0 Å². The van der Waals surface area contributed by atoms with E-state index in [9.17, 15) is 18.7 Å². The van der Waals surface area contributed by atoms with Crippen molar-refractivity contribution in [3.63, 3.8) is 0 Å². The predicted molar refractivity (Wildman–Crippen MR) is 78.2 cm³/mol. The summed E-state index contributed by atoms with van der Waals surface area (Å²) in [6.45, 7) is 2.61. The first kappa shape index (κ1) is 15.4. The lowest BCUT2D eigenvalue weighted by molar-refractivity contribution is -0.137. The number of hydrogen-bond donors (Lipinski definition) is 1. The molecule has 1 aromatic carbocycles. The highest BCUT2D eigenvalue weighted by Gasteiger charge is 2.49. The molecule has 0 spiro atoms. The Labute approximate surface area is 128 Å². The molecular formula is C17H21F2NO2. The summed E-state index contributed by atoms with van der Waals surface area (Å²) in [5.41, 5.74) is 0.0456. The highest BCUT2D eigenvalue weighted by molar-refractivity contribution is 5.83. The SMILES string of the molecule is CC1CCC(CO)CN1C(=O)C1CC1c1c(F)cccc1F. The van der Waals surface area contributed by atoms with Gasteiger partial charge in [0.15, 0.2) is 0 Å². The van der Waals surface area contributed by atoms with Crippen molar-refractivity contribution in [2.24, 2.45) is 11.8 Å². The molecule has 4 atom stereocenters. The third-order valence-electron chi connectivity index (χ3n) is 5.00. The van der Waals surface area contributed by atoms with Gasteiger partial charge in [0.05, 0.1) is 0 Å². The average Bonchev–Trinajstić information content (AvgIpc) is 3.27. The van der Waals surface area contributed by atoms with Gasteiger partial charge in [0.1, 0.15) is 11.6 Å². The molecule has 0 bridgehead atoms. The molecule has 5 heteroatoms. The zero-order chi connectivity index (χ0) is 15.9. The fourth-order valence-electron chi connectivity index (χ4n) is 3.50. The van der Waals surface area contributed by atoms with Crippen LogP contribution in [0.5, 0.6) is 0 Å². The quantitative estimate of drug-likeness (QED) is 0.932. The van der Waals surface area contributed by atoms with Gasteiger partial charge in [0.25, 0.3) is 0 Å². The fourth-order valence-corrected chi connectivity index (χ4v) is 3.50. The summed E-state index contributed by atoms with van der Waals surface area (Å²) in [6, 6.07) is 3.95. The smallest absolute Gasteiger partial charge is 0.226 e. The Morgan fingerprint density at radius 2 is 2.00 bits per heavy atom. The van der Waals surface area contributed by atoms with Gasteiger partial charge in [0.2, 0.25) is 5.91 Å². The second kappa shape index (κ2) is 5.95. The van der Waals surface area contributed by atoms with Crippen LogP contribution in [0.25, 0.3) is 0 Å². The van der Waals surface area contributed by atoms with Crippen molar-refractivity contribution in [1.29, 1.82) is 0 Å². The lowest BCUT2D eigenvalue weighted by Crippen LogP contribution is -2.47. The second-order valence-corrected chi connectivity index (χ2v) is 6.55. The van der Waals surface area contributed by atoms with E-state index >= 15 is 0 Å². The molecule has 0 radical (unpaired) electrons. The Hall–Kier alpha value is -1.49. The molecule has 1 aliphatic heterocycles. The van der Waals surface area contributed by atoms with Gasteiger partial charge in [-0.2, -0.15) is 0 Å². The van der Waals surface area contributed by atoms with E-state index in [-0.39, 0.29) is 41.9 Å². The van der Waals surface area contributed by atoms with Crippen LogP contribution in [-0.4, -0.2) is 35.1 Å². The van der Waals surface area contributed by atoms with Crippen molar-refractivity contribution in [3.05, 3.63) is 35.4 Å². The summed E-state index contributed by atoms with van der Waals surface area (Å²) < 4.78 is 27.6. The molecule has 1 aromatic rings. The first-order valence-corrected chi connectivity index (χ1v) is 7.88. The van der Waals surface area contributed by atoms with Crippen LogP contribution in [0.2, 0.25) is 0 Å². The zero-order valence-corrected chi connectivity index (χ0v) is 12.6. The summed E-state index contributed by atoms with van der Waals surface area (Å²) >= 11 is 0. The number of piperidine rings is 1. The maximum absolute atomic E-state index is 13.8. The van der Waals surface area contributed by atoms with E-state index in [4.69, 9.17) is 0 Å². The minimum absolute atomic E-state index is 0.0293. The molecule has 3 nitrogen and oxygen atoms in total. The zero-order valence-electron chi connectivity index (χ0n) is 12.6. The molecule has 2 aliphatic rings. The van der Waals surface area contributed by atoms with Crippen LogP contribution in [0.1, 0.15) is 37.7 Å². The maximum Gasteiger partial charge on any atom is 0.226 e. The molecule has 1 saturated carbocycles. The summed E-state index contributed by atoms with van der Waals surface area (Å²) in [4.78, 5) is 14.4. The van der Waals surface area contributed by atoms with E-state index in [1.165, 1.54) is 18.2 Å². The average molecular weight is 309 g/mol. The van der Waals surface area contributed by atoms with E-state index in [1.807, 2.05) is 6.92 Å². The van der Waals surface area contributed by atoms with E-state index in [1.54, 1.807) is 4.90 Å². The van der Waals surface area contributed by atoms with Gasteiger partial charge in [-0.25, -0.2) is 8.78 Å². The first-order valence-electron chi connectivity index (χ1n) is 7.88. The standard InChI is InChI=1S/C17H21F2NO2/c1-10-5-6-11(9-21)8-20(10)17(22)13-7-12(13)16-14(18)3-2-4-15(16)19/h2-4,10-13,21H,5-9H2,1H3. The molecule has 1 heterocycles. The molecule has 1 N–H and O–H groups in total. The van der Waals surface area contributed by atoms with E-state index in [0.717, 1.165) is 12.8 Å². The monoisotopic (exact) mass is 309 g/mol. The van der Waals surface area contributed by atoms with Gasteiger partial charge < -0.3 is 10.0 Å². The number of benzene rings is 1. The number of rotatable bonds is 3. The summed E-state index contributed by atoms with van der Waals surface area (Å²) in [5.74, 6) is -1.73. The molecular weight excluding hydrogens is 288 g/mol. The molecule has 22 heavy (non-hydrogen) atoms. The molecule has 1 aliphatic carbocycles. The van der Waals surface area contributed by atoms with E-state index in [0.29, 0.717) is 13.0 Å². The van der Waals surface area contributed by atoms with Crippen molar-refractivity contribution < 1.29 is 18.7 Å². The van der Waals surface area contributed by atoms with Crippen molar-refractivity contribution in [2.75, 3.05) is 13.2 Å². The van der Waals surface area contributed by atoms with Gasteiger partial charge >= 0.3 is 0 Å². The van der Waals surface area contributed by atoms with Crippen LogP contribution >= 0.6 is 0 Å². The van der Waals surface area contributed by atoms with Gasteiger partial charge in [-0.15, -0.1) is 0 Å². The molecule has 1 amide bonds. The number of nitrogens with zero attached hydrogens (tertiary/aromatic N) is 1. The minimum Gasteiger partial charge on any atom is -0.396 e. The Bertz CT molecular complexity index is 558. The predicted octanol–water partition coefficient (Wildman–Crippen LogP) is 2.69. The van der Waals surface area contributed by atoms with Crippen molar-refractivity contribution in [2.45, 2.75) is 38.1 Å². The van der Waals surface area contributed by atoms with E-state index in [2.05, 4.69) is 0 Å². The lowest BCUT2D eigenvalue weighted by Gasteiger charge is -2.37. The third-order valence-corrected chi connectivity index (χ3v) is 5.00. The Kier molecular flexibility index (Phi) is 4.17. The van der Waals surface area contributed by atoms with Crippen LogP contribution < -0.4 is 0 Å². The molecule has 120 valence electrons. The lowest BCUT2D eigenvalue weighted by atomic mass is 9.93. The van der Waals surface area contributed by atoms with E-state index < -0.39 is 11.6 Å². The highest BCUT2D eigenvalue weighted by Crippen LogP contribution is 2.50. The maximum atomic E-state index is 13.8. The minimum atomic E-state index is -0.569. The number of carbonyl (C=O) groups excluding carboxylic acids is 1. The van der Waals surface area contributed by atoms with Crippen molar-refractivity contribution in [3.8, 4) is 0 Å². The fraction of sp³-hybridized carbons (Fsp3) is 0.588. The third kappa shape index (κ3) is 2.74. The summed E-state index contributed by atoms with van der Waals surface area (Å²) in [6.07, 6.45) is 2.28. The second-order valence-electron chi connectivity index (χ2n) is 6.55. The number of amides is 1. The summed E-state index contributed by atoms with van der Waals surface area (Å²) in [5, 5.41) is 9.30. The van der Waals surface area contributed by atoms with Gasteiger partial charge in [-0.1, -0.05) is 6.07 Å². The largest absolute Gasteiger partial charge is 0.396 e. The molecule has 3 rings (SSSR count). The molecule has 0 aromatic heterocycles. The van der Waals surface area contributed by atoms with Crippen LogP contribution in [-0.2, 0) is 4.79 Å². The molecule has 4 unspecified atom stereocenters. The van der Waals surface area contributed by atoms with Gasteiger partial charge in [0, 0.05) is 36.6 Å². The number of likely N-dealkylation sites (tertiary alicyclic amines) is 1. The number of carbonyl (C=O) groups is 1. The summed E-state index contributed by atoms with van der Waals surface area (Å²) in [7, 11) is 0. The van der Waals surface area contributed by atoms with Crippen molar-refractivity contribution >= 4 is 5.91 Å². The normalized spacial score (nSPS) is 31.2. The van der Waals surface area contributed by atoms with Crippen LogP contribution in [0, 0.1) is 23.5 Å². The first-order chi connectivity index (χ1) is 10.5. The number of hydrogen-bond acceptors (Lipinski definition) is 2.